The molecule has 7 rings (SSSR count). The summed E-state index contributed by atoms with van der Waals surface area (Å²) in [6.07, 6.45) is -9.03. The van der Waals surface area contributed by atoms with Gasteiger partial charge in [-0.3, -0.25) is 101 Å². The number of thioether (sulfide) groups is 2. The quantitative estimate of drug-likeness (QED) is 0.0368. The molecule has 4 aromatic rings. The van der Waals surface area contributed by atoms with E-state index < -0.39 is 372 Å². The number of hydrogen-bond acceptors (Lipinski definition) is 30. The maximum absolute atomic E-state index is 15.6. The Labute approximate surface area is 811 Å². The largest absolute Gasteiger partial charge is 0.508 e. The molecule has 0 aromatic heterocycles. The fourth-order valence-electron chi connectivity index (χ4n) is 14.5. The van der Waals surface area contributed by atoms with Gasteiger partial charge in [-0.25, -0.2) is 16.8 Å². The number of aromatic hydroxyl groups is 1. The molecule has 4 aromatic carbocycles. The molecule has 140 heavy (non-hydrogen) atoms. The van der Waals surface area contributed by atoms with Crippen LogP contribution in [-0.4, -0.2) is 338 Å². The molecule has 3 heterocycles. The van der Waals surface area contributed by atoms with Crippen molar-refractivity contribution < 1.29 is 143 Å². The molecule has 0 spiro atoms. The van der Waals surface area contributed by atoms with Gasteiger partial charge in [0.05, 0.1) is 49.9 Å². The normalized spacial score (nSPS) is 27.2. The lowest BCUT2D eigenvalue weighted by atomic mass is 9.85. The Balaban J connectivity index is 1.42. The number of aliphatic carboxylic acids is 4. The Kier molecular flexibility index (Phi) is 42.3. The number of phenols is 1. The van der Waals surface area contributed by atoms with Crippen LogP contribution >= 0.6 is 23.5 Å². The van der Waals surface area contributed by atoms with Crippen LogP contribution in [0.15, 0.2) is 97.1 Å². The number of phenolic OH excluding ortho intramolecular Hbond substituents is 1. The molecule has 0 radical (unpaired) electrons. The summed E-state index contributed by atoms with van der Waals surface area (Å²) in [4.78, 5) is 282. The maximum atomic E-state index is 15.6. The average Bonchev–Trinajstić information content (AvgIpc) is 1.45. The molecular weight excluding hydrogens is 1920 g/mol. The number of fused-ring (bicyclic) bond motifs is 5. The molecule has 3 fully saturated rings. The van der Waals surface area contributed by atoms with Crippen molar-refractivity contribution >= 4 is 173 Å². The predicted molar refractivity (Wildman–Crippen MR) is 501 cm³/mol. The molecule has 3 aliphatic rings. The second-order valence-corrected chi connectivity index (χ2v) is 41.1. The molecule has 0 saturated carbocycles. The van der Waals surface area contributed by atoms with Gasteiger partial charge < -0.3 is 122 Å². The van der Waals surface area contributed by atoms with Gasteiger partial charge in [-0.15, -0.1) is 0 Å². The van der Waals surface area contributed by atoms with Gasteiger partial charge in [-0.05, 0) is 78.6 Å². The number of aliphatic hydroxyl groups is 1. The van der Waals surface area contributed by atoms with E-state index in [0.717, 1.165) is 13.8 Å². The first-order valence-corrected chi connectivity index (χ1v) is 49.5. The first-order valence-electron chi connectivity index (χ1n) is 43.9. The van der Waals surface area contributed by atoms with E-state index in [0.29, 0.717) is 48.5 Å². The van der Waals surface area contributed by atoms with E-state index >= 15 is 24.0 Å². The fraction of sp³-hybridized carbons (Fsp3) is 0.512. The minimum atomic E-state index is -4.90. The van der Waals surface area contributed by atoms with E-state index in [1.807, 2.05) is 0 Å². The number of benzene rings is 4. The van der Waals surface area contributed by atoms with Crippen LogP contribution in [0.5, 0.6) is 5.75 Å². The van der Waals surface area contributed by atoms with E-state index in [2.05, 4.69) is 79.8 Å². The van der Waals surface area contributed by atoms with E-state index in [1.165, 1.54) is 82.3 Å². The summed E-state index contributed by atoms with van der Waals surface area (Å²) in [7, 11) is -9.80. The van der Waals surface area contributed by atoms with Crippen LogP contribution < -0.4 is 97.0 Å². The molecule has 54 heteroatoms. The Hall–Kier alpha value is -13.3. The summed E-state index contributed by atoms with van der Waals surface area (Å²) in [6, 6.07) is -5.32. The third kappa shape index (κ3) is 35.9. The molecule has 766 valence electrons. The highest BCUT2D eigenvalue weighted by atomic mass is 32.2. The Morgan fingerprint density at radius 3 is 1.38 bits per heavy atom. The Morgan fingerprint density at radius 1 is 0.471 bits per heavy atom. The van der Waals surface area contributed by atoms with Crippen molar-refractivity contribution in [3.8, 4) is 5.75 Å². The number of sulfonamides is 2. The van der Waals surface area contributed by atoms with Crippen molar-refractivity contribution in [1.82, 2.24) is 88.4 Å². The highest BCUT2D eigenvalue weighted by Gasteiger charge is 2.46. The van der Waals surface area contributed by atoms with Crippen molar-refractivity contribution in [2.75, 3.05) is 67.2 Å². The molecule has 50 nitrogen and oxygen atoms in total. The molecule has 18 atom stereocenters. The smallest absolute Gasteiger partial charge is 0.305 e. The van der Waals surface area contributed by atoms with Crippen LogP contribution in [0.25, 0.3) is 10.8 Å². The van der Waals surface area contributed by atoms with Crippen molar-refractivity contribution in [2.45, 2.75) is 202 Å². The Morgan fingerprint density at radius 2 is 0.886 bits per heavy atom. The van der Waals surface area contributed by atoms with Gasteiger partial charge in [0, 0.05) is 74.7 Å². The van der Waals surface area contributed by atoms with Crippen molar-refractivity contribution in [2.24, 2.45) is 22.6 Å². The first kappa shape index (κ1) is 114. The summed E-state index contributed by atoms with van der Waals surface area (Å²) in [5, 5.41) is 100. The molecular formula is C86H118N20O30S4. The van der Waals surface area contributed by atoms with Gasteiger partial charge in [0.1, 0.15) is 96.1 Å². The van der Waals surface area contributed by atoms with Crippen molar-refractivity contribution in [3.63, 3.8) is 0 Å². The van der Waals surface area contributed by atoms with E-state index in [9.17, 15) is 119 Å². The number of nitrogens with zero attached hydrogens (tertiary/aromatic N) is 2. The number of hydrogen-bond donors (Lipinski definition) is 24. The second-order valence-electron chi connectivity index (χ2n) is 34.6. The van der Waals surface area contributed by atoms with Gasteiger partial charge >= 0.3 is 23.9 Å². The van der Waals surface area contributed by atoms with Crippen molar-refractivity contribution in [3.05, 3.63) is 114 Å². The van der Waals surface area contributed by atoms with Gasteiger partial charge in [-0.2, -0.15) is 32.1 Å². The van der Waals surface area contributed by atoms with Crippen molar-refractivity contribution in [1.29, 1.82) is 0 Å². The van der Waals surface area contributed by atoms with E-state index in [-0.39, 0.29) is 16.9 Å². The molecule has 16 amide bonds. The van der Waals surface area contributed by atoms with Crippen LogP contribution in [0.3, 0.4) is 0 Å². The summed E-state index contributed by atoms with van der Waals surface area (Å²) < 4.78 is 61.1. The van der Waals surface area contributed by atoms with Gasteiger partial charge in [0.15, 0.2) is 0 Å². The topological polar surface area (TPSA) is 796 Å². The molecule has 3 aliphatic heterocycles. The molecule has 3 saturated heterocycles. The van der Waals surface area contributed by atoms with Crippen LogP contribution in [0.4, 0.5) is 0 Å². The summed E-state index contributed by atoms with van der Waals surface area (Å²) in [6.45, 7) is 2.26. The zero-order chi connectivity index (χ0) is 104. The maximum Gasteiger partial charge on any atom is 0.305 e. The zero-order valence-electron chi connectivity index (χ0n) is 77.0. The second kappa shape index (κ2) is 52.1. The molecule has 0 aliphatic carbocycles. The zero-order valence-corrected chi connectivity index (χ0v) is 80.3. The van der Waals surface area contributed by atoms with E-state index in [1.54, 1.807) is 42.5 Å². The summed E-state index contributed by atoms with van der Waals surface area (Å²) >= 11 is 1.36. The minimum absolute atomic E-state index is 0.177. The lowest BCUT2D eigenvalue weighted by molar-refractivity contribution is -0.142. The number of carboxylic acids is 4. The number of amides is 16. The third-order valence-corrected chi connectivity index (χ3v) is 28.5. The molecule has 27 N–H and O–H groups in total. The van der Waals surface area contributed by atoms with Crippen LogP contribution in [-0.2, 0) is 135 Å². The number of nitrogens with one attached hydrogen (secondary N) is 15. The first-order chi connectivity index (χ1) is 65.6. The molecule has 3 unspecified atom stereocenters. The SMILES string of the molecule is C[C@H](N)C(=O)N[C@H]1CSCCS(=O)(=O)N2CCN3CC(O)(C2)NC[C@H](NC(=O)[C@@H](C)NC(=O)[C@H](Cc2cccc4ccccc24)NC(=O)[C@H](CCC(=O)O)NC(=O)[C@H](CC(N)=O)NC(=O)[C@@H](C)NC1=O)C(=O)N[C@@H](CCC(=O)O)C(=O)N[C@@H](CC(=O)O)C(=O)N[C@@H](Cc1ccccc1)C(=O)N[C@@H](Cc1ccc(O)cc1)C(=O)N[C@@H](CC(=O)O)C(=O)N[C@@H](C(C)(C)C)C(=O)N[C@H](C(N)=O)CSCCS3(=O)=O. The number of carboxylic acid groups (broad SMARTS) is 4. The van der Waals surface area contributed by atoms with Crippen LogP contribution in [0, 0.1) is 5.41 Å². The summed E-state index contributed by atoms with van der Waals surface area (Å²) in [5.74, 6) is -32.1. The number of nitrogens with two attached hydrogens (primary N) is 3. The lowest BCUT2D eigenvalue weighted by Crippen LogP contribution is -2.65. The number of carbonyl (C=O) groups excluding carboxylic acids is 16. The number of primary amides is 2. The van der Waals surface area contributed by atoms with Crippen LogP contribution in [0.2, 0.25) is 0 Å². The minimum Gasteiger partial charge on any atom is -0.508 e. The highest BCUT2D eigenvalue weighted by Crippen LogP contribution is 2.26. The number of carbonyl (C=O) groups is 20. The highest BCUT2D eigenvalue weighted by molar-refractivity contribution is 8.00. The summed E-state index contributed by atoms with van der Waals surface area (Å²) in [5.41, 5.74) is 13.5. The standard InChI is InChI=1S/C86H118N20O30S4/c1-44(87)71(118)103-63-41-138-30-32-140(135,136)106-28-27-105-42-86(132,43-106)90-39-61(101-73(120)46(3)91-76(123)57(35-50-17-12-16-49-15-10-11-18-52(49)50)98-74(121)53(23-25-65(109)110)93-79(126)58(36-64(88)108)95-72(119)45(2)92-83(63)130)82(129)94-54(24-26-66(111)112)75(122)99-59(37-67(113)114)80(127)97-55(33-47-13-8-7-9-14-47)77(124)96-56(34-48-19-21-51(107)22-20-48)78(125)100-60(38-68(115)116)81(128)104-69(85(4,5)6)84(131)102-62(70(89)117)40-137-29-31-139(105,133)134/h7-22,44-46,53-63,69,90,107,132H,23-43,87H2,1-6H3,(H2,88,108)(H2,89,117)(H,91,123)(H,92,130)(H,93,126)(H,94,129)(H,95,119)(H,96,124)(H,97,127)(H,98,121)(H,99,122)(H,100,125)(H,101,120)(H,102,131)(H,103,118)(H,104,128)(H,109,110)(H,111,112)(H,113,114)(H,115,116)/t44-,45+,46+,53-,54-,55-,56-,57-,58-,59-,60-,61-,62-,63-,69+,86?/m0/s1. The van der Waals surface area contributed by atoms with E-state index in [4.69, 9.17) is 17.2 Å². The van der Waals surface area contributed by atoms with Gasteiger partial charge in [0.2, 0.25) is 115 Å². The Bertz CT molecular complexity index is 5480. The average molecular weight is 2040 g/mol. The van der Waals surface area contributed by atoms with Gasteiger partial charge in [0.25, 0.3) is 0 Å². The van der Waals surface area contributed by atoms with Gasteiger partial charge in [-0.1, -0.05) is 106 Å². The third-order valence-electron chi connectivity index (χ3n) is 22.2. The molecule has 4 bridgehead atoms. The lowest BCUT2D eigenvalue weighted by Gasteiger charge is -2.35. The predicted octanol–water partition coefficient (Wildman–Crippen LogP) is -8.12. The fourth-order valence-corrected chi connectivity index (χ4v) is 20.5. The van der Waals surface area contributed by atoms with Crippen LogP contribution in [0.1, 0.15) is 103 Å². The number of rotatable bonds is 21. The monoisotopic (exact) mass is 2040 g/mol.